The Morgan fingerprint density at radius 1 is 0.789 bits per heavy atom. The van der Waals surface area contributed by atoms with Crippen LogP contribution >= 0.6 is 0 Å². The molecule has 4 unspecified atom stereocenters. The van der Waals surface area contributed by atoms with Gasteiger partial charge in [0.1, 0.15) is 18.1 Å². The van der Waals surface area contributed by atoms with Gasteiger partial charge in [-0.05, 0) is 6.42 Å². The fourth-order valence-electron chi connectivity index (χ4n) is 3.30. The largest absolute Gasteiger partial charge is 0.480 e. The lowest BCUT2D eigenvalue weighted by Crippen LogP contribution is -2.58. The number of nitrogens with one attached hydrogen (secondary N) is 5. The highest BCUT2D eigenvalue weighted by Crippen LogP contribution is 2.05. The molecule has 2 rings (SSSR count). The highest BCUT2D eigenvalue weighted by atomic mass is 16.4. The van der Waals surface area contributed by atoms with E-state index in [0.29, 0.717) is 11.4 Å². The van der Waals surface area contributed by atoms with E-state index in [1.54, 1.807) is 0 Å². The van der Waals surface area contributed by atoms with Crippen LogP contribution in [0.25, 0.3) is 0 Å². The van der Waals surface area contributed by atoms with Gasteiger partial charge in [-0.2, -0.15) is 0 Å². The molecule has 17 heteroatoms. The number of carbonyl (C=O) groups is 6. The zero-order chi connectivity index (χ0) is 28.2. The van der Waals surface area contributed by atoms with Gasteiger partial charge in [-0.3, -0.25) is 24.0 Å². The Morgan fingerprint density at radius 2 is 1.29 bits per heavy atom. The van der Waals surface area contributed by atoms with E-state index >= 15 is 0 Å². The van der Waals surface area contributed by atoms with Crippen LogP contribution in [0, 0.1) is 0 Å². The van der Waals surface area contributed by atoms with Gasteiger partial charge in [-0.25, -0.2) is 14.8 Å². The zero-order valence-electron chi connectivity index (χ0n) is 20.2. The maximum Gasteiger partial charge on any atom is 0.326 e. The maximum absolute atomic E-state index is 13.1. The van der Waals surface area contributed by atoms with Gasteiger partial charge in [0.05, 0.1) is 25.1 Å². The van der Waals surface area contributed by atoms with Crippen LogP contribution in [0.15, 0.2) is 25.0 Å². The number of aliphatic carboxylic acids is 1. The molecule has 2 aromatic rings. The summed E-state index contributed by atoms with van der Waals surface area (Å²) >= 11 is 0. The van der Waals surface area contributed by atoms with E-state index in [9.17, 15) is 33.9 Å². The minimum Gasteiger partial charge on any atom is -0.480 e. The molecule has 206 valence electrons. The summed E-state index contributed by atoms with van der Waals surface area (Å²) in [4.78, 5) is 85.9. The molecule has 0 bridgehead atoms. The van der Waals surface area contributed by atoms with Crippen molar-refractivity contribution >= 4 is 35.5 Å². The van der Waals surface area contributed by atoms with Crippen LogP contribution in [0.2, 0.25) is 0 Å². The first-order chi connectivity index (χ1) is 18.0. The van der Waals surface area contributed by atoms with Crippen molar-refractivity contribution in [2.24, 2.45) is 17.2 Å². The number of aromatic amines is 2. The Morgan fingerprint density at radius 3 is 1.76 bits per heavy atom. The second-order valence-electron chi connectivity index (χ2n) is 8.37. The molecule has 0 fully saturated rings. The number of imidazole rings is 2. The number of aromatic nitrogens is 4. The van der Waals surface area contributed by atoms with Crippen molar-refractivity contribution in [1.29, 1.82) is 0 Å². The standard InChI is InChI=1S/C21H30N10O7/c22-12(1-2-16(23)32)18(34)29-13(3-10-6-25-8-27-10)19(35)30-14(5-17(24)33)20(36)31-15(21(37)38)4-11-7-26-9-28-11/h6-9,12-15H,1-5,22H2,(H2,23,32)(H2,24,33)(H,25,27)(H,26,28)(H,29,34)(H,30,35)(H,31,36)(H,37,38). The maximum atomic E-state index is 13.1. The molecular weight excluding hydrogens is 504 g/mol. The van der Waals surface area contributed by atoms with Crippen molar-refractivity contribution in [2.75, 3.05) is 0 Å². The van der Waals surface area contributed by atoms with E-state index in [1.807, 2.05) is 0 Å². The number of rotatable bonds is 16. The molecule has 2 heterocycles. The molecule has 0 aliphatic rings. The van der Waals surface area contributed by atoms with Crippen molar-refractivity contribution in [2.45, 2.75) is 56.3 Å². The third kappa shape index (κ3) is 9.69. The summed E-state index contributed by atoms with van der Waals surface area (Å²) in [7, 11) is 0. The lowest BCUT2D eigenvalue weighted by Gasteiger charge is -2.24. The second-order valence-corrected chi connectivity index (χ2v) is 8.37. The fourth-order valence-corrected chi connectivity index (χ4v) is 3.30. The SMILES string of the molecule is NC(=O)CCC(N)C(=O)NC(Cc1cnc[nH]1)C(=O)NC(CC(N)=O)C(=O)NC(Cc1cnc[nH]1)C(=O)O. The number of H-pyrrole nitrogens is 2. The number of carboxylic acids is 1. The zero-order valence-corrected chi connectivity index (χ0v) is 20.2. The summed E-state index contributed by atoms with van der Waals surface area (Å²) in [5.41, 5.74) is 17.0. The van der Waals surface area contributed by atoms with E-state index in [2.05, 4.69) is 35.9 Å². The van der Waals surface area contributed by atoms with E-state index < -0.39 is 66.1 Å². The van der Waals surface area contributed by atoms with Crippen LogP contribution in [-0.4, -0.2) is 84.7 Å². The minimum atomic E-state index is -1.56. The predicted molar refractivity (Wildman–Crippen MR) is 128 cm³/mol. The van der Waals surface area contributed by atoms with Gasteiger partial charge in [0.2, 0.25) is 29.5 Å². The van der Waals surface area contributed by atoms with Crippen molar-refractivity contribution in [3.63, 3.8) is 0 Å². The number of nitrogens with zero attached hydrogens (tertiary/aromatic N) is 2. The third-order valence-electron chi connectivity index (χ3n) is 5.28. The summed E-state index contributed by atoms with van der Waals surface area (Å²) in [5, 5.41) is 16.5. The molecule has 0 aromatic carbocycles. The smallest absolute Gasteiger partial charge is 0.326 e. The first-order valence-electron chi connectivity index (χ1n) is 11.4. The molecular formula is C21H30N10O7. The van der Waals surface area contributed by atoms with Gasteiger partial charge >= 0.3 is 5.97 Å². The highest BCUT2D eigenvalue weighted by Gasteiger charge is 2.32. The van der Waals surface area contributed by atoms with E-state index in [1.165, 1.54) is 25.0 Å². The van der Waals surface area contributed by atoms with Crippen LogP contribution in [0.4, 0.5) is 0 Å². The first-order valence-corrected chi connectivity index (χ1v) is 11.4. The van der Waals surface area contributed by atoms with Crippen LogP contribution in [0.3, 0.4) is 0 Å². The average Bonchev–Trinajstić information content (AvgIpc) is 3.55. The quantitative estimate of drug-likeness (QED) is 0.100. The lowest BCUT2D eigenvalue weighted by molar-refractivity contribution is -0.142. The monoisotopic (exact) mass is 534 g/mol. The third-order valence-corrected chi connectivity index (χ3v) is 5.28. The fraction of sp³-hybridized carbons (Fsp3) is 0.429. The lowest BCUT2D eigenvalue weighted by atomic mass is 10.1. The van der Waals surface area contributed by atoms with Gasteiger partial charge in [0.25, 0.3) is 0 Å². The Balaban J connectivity index is 2.16. The van der Waals surface area contributed by atoms with E-state index in [4.69, 9.17) is 17.2 Å². The Labute approximate surface area is 215 Å². The summed E-state index contributed by atoms with van der Waals surface area (Å²) in [6.45, 7) is 0. The summed E-state index contributed by atoms with van der Waals surface area (Å²) < 4.78 is 0. The average molecular weight is 535 g/mol. The van der Waals surface area contributed by atoms with Gasteiger partial charge in [0, 0.05) is 43.0 Å². The van der Waals surface area contributed by atoms with Crippen LogP contribution in [-0.2, 0) is 41.6 Å². The minimum absolute atomic E-state index is 0.0703. The van der Waals surface area contributed by atoms with Crippen LogP contribution in [0.5, 0.6) is 0 Å². The molecule has 0 aliphatic carbocycles. The normalized spacial score (nSPS) is 13.9. The molecule has 17 nitrogen and oxygen atoms in total. The topological polar surface area (TPSA) is 294 Å². The molecule has 2 aromatic heterocycles. The summed E-state index contributed by atoms with van der Waals surface area (Å²) in [5.74, 6) is -5.63. The number of carboxylic acid groups (broad SMARTS) is 1. The highest BCUT2D eigenvalue weighted by molar-refractivity contribution is 5.96. The number of nitrogens with two attached hydrogens (primary N) is 3. The van der Waals surface area contributed by atoms with Crippen molar-refractivity contribution in [1.82, 2.24) is 35.9 Å². The van der Waals surface area contributed by atoms with Gasteiger partial charge in [0.15, 0.2) is 0 Å². The second kappa shape index (κ2) is 14.1. The molecule has 0 saturated heterocycles. The number of hydrogen-bond donors (Lipinski definition) is 9. The van der Waals surface area contributed by atoms with E-state index in [-0.39, 0.29) is 25.7 Å². The summed E-state index contributed by atoms with van der Waals surface area (Å²) in [6, 6.07) is -5.44. The number of primary amides is 2. The van der Waals surface area contributed by atoms with Crippen molar-refractivity contribution in [3.05, 3.63) is 36.4 Å². The van der Waals surface area contributed by atoms with Crippen LogP contribution < -0.4 is 33.2 Å². The van der Waals surface area contributed by atoms with Crippen LogP contribution in [0.1, 0.15) is 30.7 Å². The molecule has 0 spiro atoms. The molecule has 0 radical (unpaired) electrons. The van der Waals surface area contributed by atoms with Gasteiger partial charge in [-0.1, -0.05) is 0 Å². The number of carbonyl (C=O) groups excluding carboxylic acids is 5. The molecule has 4 atom stereocenters. The molecule has 0 aliphatic heterocycles. The predicted octanol–water partition coefficient (Wildman–Crippen LogP) is -4.07. The van der Waals surface area contributed by atoms with Crippen molar-refractivity contribution < 1.29 is 33.9 Å². The van der Waals surface area contributed by atoms with Gasteiger partial charge < -0.3 is 48.2 Å². The molecule has 0 saturated carbocycles. The Hall–Kier alpha value is -4.80. The van der Waals surface area contributed by atoms with Crippen molar-refractivity contribution in [3.8, 4) is 0 Å². The first kappa shape index (κ1) is 29.4. The molecule has 12 N–H and O–H groups in total. The Bertz CT molecular complexity index is 1120. The Kier molecular flexibility index (Phi) is 10.9. The molecule has 5 amide bonds. The number of hydrogen-bond acceptors (Lipinski definition) is 9. The van der Waals surface area contributed by atoms with E-state index in [0.717, 1.165) is 0 Å². The van der Waals surface area contributed by atoms with Gasteiger partial charge in [-0.15, -0.1) is 0 Å². The summed E-state index contributed by atoms with van der Waals surface area (Å²) in [6.07, 6.45) is 4.32. The molecule has 38 heavy (non-hydrogen) atoms. The number of amides is 5.